The fourth-order valence-electron chi connectivity index (χ4n) is 3.87. The van der Waals surface area contributed by atoms with Crippen LogP contribution in [-0.2, 0) is 11.2 Å². The SMILES string of the molecule is O=C(Nc1ccc2c(c1)C[C@H](C(=O)NC1CCCC1)CO2)c1ccccc1F. The summed E-state index contributed by atoms with van der Waals surface area (Å²) in [6.07, 6.45) is 4.97. The Morgan fingerprint density at radius 1 is 1.07 bits per heavy atom. The van der Waals surface area contributed by atoms with Crippen LogP contribution in [0.4, 0.5) is 10.1 Å². The number of nitrogens with one attached hydrogen (secondary N) is 2. The molecule has 2 N–H and O–H groups in total. The largest absolute Gasteiger partial charge is 0.492 e. The lowest BCUT2D eigenvalue weighted by Crippen LogP contribution is -2.41. The summed E-state index contributed by atoms with van der Waals surface area (Å²) in [5, 5.41) is 5.84. The van der Waals surface area contributed by atoms with E-state index in [4.69, 9.17) is 4.74 Å². The number of benzene rings is 2. The van der Waals surface area contributed by atoms with E-state index in [1.54, 1.807) is 30.3 Å². The van der Waals surface area contributed by atoms with Crippen molar-refractivity contribution in [2.24, 2.45) is 5.92 Å². The van der Waals surface area contributed by atoms with E-state index in [-0.39, 0.29) is 23.4 Å². The molecule has 1 heterocycles. The molecule has 0 bridgehead atoms. The molecule has 2 aromatic rings. The monoisotopic (exact) mass is 382 g/mol. The second-order valence-electron chi connectivity index (χ2n) is 7.46. The fraction of sp³-hybridized carbons (Fsp3) is 0.364. The molecule has 1 aliphatic carbocycles. The van der Waals surface area contributed by atoms with Crippen molar-refractivity contribution in [1.82, 2.24) is 5.32 Å². The molecule has 5 nitrogen and oxygen atoms in total. The third kappa shape index (κ3) is 4.01. The minimum absolute atomic E-state index is 0.00899. The van der Waals surface area contributed by atoms with E-state index < -0.39 is 11.7 Å². The summed E-state index contributed by atoms with van der Waals surface area (Å²) in [6.45, 7) is 0.354. The summed E-state index contributed by atoms with van der Waals surface area (Å²) in [5.41, 5.74) is 1.40. The van der Waals surface area contributed by atoms with Crippen molar-refractivity contribution < 1.29 is 18.7 Å². The fourth-order valence-corrected chi connectivity index (χ4v) is 3.87. The van der Waals surface area contributed by atoms with E-state index in [2.05, 4.69) is 10.6 Å². The van der Waals surface area contributed by atoms with Crippen molar-refractivity contribution in [3.05, 3.63) is 59.4 Å². The molecule has 2 aliphatic rings. The summed E-state index contributed by atoms with van der Waals surface area (Å²) in [5.74, 6) is -0.576. The van der Waals surface area contributed by atoms with E-state index >= 15 is 0 Å². The van der Waals surface area contributed by atoms with E-state index in [1.807, 2.05) is 0 Å². The van der Waals surface area contributed by atoms with Gasteiger partial charge < -0.3 is 15.4 Å². The van der Waals surface area contributed by atoms with Gasteiger partial charge in [0.1, 0.15) is 18.2 Å². The van der Waals surface area contributed by atoms with Gasteiger partial charge in [0.25, 0.3) is 5.91 Å². The number of carbonyl (C=O) groups excluding carboxylic acids is 2. The average molecular weight is 382 g/mol. The first-order chi connectivity index (χ1) is 13.6. The number of carbonyl (C=O) groups is 2. The molecule has 1 aliphatic heterocycles. The maximum atomic E-state index is 13.8. The highest BCUT2D eigenvalue weighted by Crippen LogP contribution is 2.30. The van der Waals surface area contributed by atoms with Crippen LogP contribution >= 0.6 is 0 Å². The lowest BCUT2D eigenvalue weighted by Gasteiger charge is -2.26. The maximum Gasteiger partial charge on any atom is 0.258 e. The van der Waals surface area contributed by atoms with Gasteiger partial charge in [-0.3, -0.25) is 9.59 Å². The highest BCUT2D eigenvalue weighted by atomic mass is 19.1. The smallest absolute Gasteiger partial charge is 0.258 e. The van der Waals surface area contributed by atoms with Crippen LogP contribution in [0.25, 0.3) is 0 Å². The molecular weight excluding hydrogens is 359 g/mol. The Bertz CT molecular complexity index is 893. The van der Waals surface area contributed by atoms with Gasteiger partial charge in [-0.2, -0.15) is 0 Å². The Kier molecular flexibility index (Phi) is 5.28. The van der Waals surface area contributed by atoms with Gasteiger partial charge in [0, 0.05) is 11.7 Å². The molecule has 0 saturated heterocycles. The number of rotatable bonds is 4. The Balaban J connectivity index is 1.44. The molecule has 2 amide bonds. The average Bonchev–Trinajstić information content (AvgIpc) is 3.20. The predicted molar refractivity (Wildman–Crippen MR) is 104 cm³/mol. The van der Waals surface area contributed by atoms with Crippen molar-refractivity contribution in [3.8, 4) is 5.75 Å². The number of anilines is 1. The van der Waals surface area contributed by atoms with Crippen LogP contribution in [0.2, 0.25) is 0 Å². The summed E-state index contributed by atoms with van der Waals surface area (Å²) >= 11 is 0. The number of hydrogen-bond acceptors (Lipinski definition) is 3. The molecule has 0 spiro atoms. The number of halogens is 1. The number of fused-ring (bicyclic) bond motifs is 1. The second-order valence-corrected chi connectivity index (χ2v) is 7.46. The minimum Gasteiger partial charge on any atom is -0.492 e. The highest BCUT2D eigenvalue weighted by Gasteiger charge is 2.28. The van der Waals surface area contributed by atoms with Crippen LogP contribution in [0.15, 0.2) is 42.5 Å². The minimum atomic E-state index is -0.565. The van der Waals surface area contributed by atoms with E-state index in [9.17, 15) is 14.0 Å². The molecule has 146 valence electrons. The van der Waals surface area contributed by atoms with Crippen LogP contribution in [0.5, 0.6) is 5.75 Å². The summed E-state index contributed by atoms with van der Waals surface area (Å²) in [6, 6.07) is 11.4. The zero-order chi connectivity index (χ0) is 19.5. The van der Waals surface area contributed by atoms with Gasteiger partial charge in [-0.25, -0.2) is 4.39 Å². The normalized spacial score (nSPS) is 18.8. The quantitative estimate of drug-likeness (QED) is 0.848. The summed E-state index contributed by atoms with van der Waals surface area (Å²) in [7, 11) is 0. The van der Waals surface area contributed by atoms with Gasteiger partial charge in [0.05, 0.1) is 11.5 Å². The van der Waals surface area contributed by atoms with E-state index in [0.717, 1.165) is 18.4 Å². The Morgan fingerprint density at radius 2 is 1.86 bits per heavy atom. The van der Waals surface area contributed by atoms with Gasteiger partial charge in [-0.05, 0) is 55.2 Å². The van der Waals surface area contributed by atoms with Crippen LogP contribution in [-0.4, -0.2) is 24.5 Å². The third-order valence-electron chi connectivity index (χ3n) is 5.42. The molecular formula is C22H23FN2O3. The van der Waals surface area contributed by atoms with Crippen LogP contribution in [0.3, 0.4) is 0 Å². The van der Waals surface area contributed by atoms with E-state index in [0.29, 0.717) is 24.5 Å². The maximum absolute atomic E-state index is 13.8. The molecule has 4 rings (SSSR count). The lowest BCUT2D eigenvalue weighted by atomic mass is 9.95. The lowest BCUT2D eigenvalue weighted by molar-refractivity contribution is -0.127. The first kappa shape index (κ1) is 18.5. The van der Waals surface area contributed by atoms with Gasteiger partial charge in [0.2, 0.25) is 5.91 Å². The van der Waals surface area contributed by atoms with Crippen LogP contribution in [0, 0.1) is 11.7 Å². The Morgan fingerprint density at radius 3 is 2.64 bits per heavy atom. The molecule has 1 saturated carbocycles. The molecule has 1 atom stereocenters. The van der Waals surface area contributed by atoms with Gasteiger partial charge >= 0.3 is 0 Å². The van der Waals surface area contributed by atoms with Crippen molar-refractivity contribution in [2.45, 2.75) is 38.1 Å². The third-order valence-corrected chi connectivity index (χ3v) is 5.42. The number of amides is 2. The van der Waals surface area contributed by atoms with Gasteiger partial charge in [0.15, 0.2) is 0 Å². The summed E-state index contributed by atoms with van der Waals surface area (Å²) in [4.78, 5) is 24.9. The van der Waals surface area contributed by atoms with Crippen molar-refractivity contribution in [1.29, 1.82) is 0 Å². The zero-order valence-electron chi connectivity index (χ0n) is 15.5. The van der Waals surface area contributed by atoms with Crippen molar-refractivity contribution in [2.75, 3.05) is 11.9 Å². The first-order valence-electron chi connectivity index (χ1n) is 9.72. The van der Waals surface area contributed by atoms with Crippen molar-refractivity contribution in [3.63, 3.8) is 0 Å². The molecule has 0 radical (unpaired) electrons. The highest BCUT2D eigenvalue weighted by molar-refractivity contribution is 6.04. The predicted octanol–water partition coefficient (Wildman–Crippen LogP) is 3.69. The standard InChI is InChI=1S/C22H23FN2O3/c23-19-8-4-3-7-18(19)22(27)25-17-9-10-20-14(12-17)11-15(13-28-20)21(26)24-16-5-1-2-6-16/h3-4,7-10,12,15-16H,1-2,5-6,11,13H2,(H,24,26)(H,25,27)/t15-/m0/s1. The molecule has 28 heavy (non-hydrogen) atoms. The first-order valence-corrected chi connectivity index (χ1v) is 9.72. The van der Waals surface area contributed by atoms with Crippen LogP contribution < -0.4 is 15.4 Å². The zero-order valence-corrected chi connectivity index (χ0v) is 15.5. The molecule has 1 fully saturated rings. The van der Waals surface area contributed by atoms with Crippen molar-refractivity contribution >= 4 is 17.5 Å². The second kappa shape index (κ2) is 8.00. The molecule has 0 unspecified atom stereocenters. The van der Waals surface area contributed by atoms with Gasteiger partial charge in [-0.15, -0.1) is 0 Å². The molecule has 6 heteroatoms. The summed E-state index contributed by atoms with van der Waals surface area (Å²) < 4.78 is 19.5. The van der Waals surface area contributed by atoms with E-state index in [1.165, 1.54) is 25.0 Å². The number of ether oxygens (including phenoxy) is 1. The molecule has 0 aromatic heterocycles. The van der Waals surface area contributed by atoms with Crippen LogP contribution in [0.1, 0.15) is 41.6 Å². The Labute approximate surface area is 163 Å². The number of hydrogen-bond donors (Lipinski definition) is 2. The topological polar surface area (TPSA) is 67.4 Å². The Hall–Kier alpha value is -2.89. The molecule has 2 aromatic carbocycles. The van der Waals surface area contributed by atoms with Gasteiger partial charge in [-0.1, -0.05) is 25.0 Å².